The molecule has 0 saturated carbocycles. The molecule has 0 amide bonds. The molecule has 0 aliphatic rings. The van der Waals surface area contributed by atoms with E-state index < -0.39 is 0 Å². The number of rotatable bonds is 4. The minimum absolute atomic E-state index is 0.676. The molecule has 4 aromatic rings. The molecule has 0 radical (unpaired) electrons. The summed E-state index contributed by atoms with van der Waals surface area (Å²) >= 11 is 3.47. The Hall–Kier alpha value is -2.86. The summed E-state index contributed by atoms with van der Waals surface area (Å²) in [6, 6.07) is 17.9. The summed E-state index contributed by atoms with van der Waals surface area (Å²) in [4.78, 5) is 4.75. The number of fused-ring (bicyclic) bond motifs is 1. The maximum atomic E-state index is 5.41. The van der Waals surface area contributed by atoms with Crippen LogP contribution in [0.15, 0.2) is 59.1 Å². The fourth-order valence-electron chi connectivity index (χ4n) is 3.07. The number of methoxy groups -OCH3 is 2. The molecule has 0 N–H and O–H groups in total. The maximum Gasteiger partial charge on any atom is 0.161 e. The third-order valence-corrected chi connectivity index (χ3v) is 5.03. The summed E-state index contributed by atoms with van der Waals surface area (Å²) in [5.41, 5.74) is 5.59. The van der Waals surface area contributed by atoms with E-state index in [9.17, 15) is 0 Å². The summed E-state index contributed by atoms with van der Waals surface area (Å²) in [6.07, 6.45) is 0. The van der Waals surface area contributed by atoms with Crippen LogP contribution in [0.2, 0.25) is 0 Å². The van der Waals surface area contributed by atoms with Crippen molar-refractivity contribution in [3.63, 3.8) is 0 Å². The van der Waals surface area contributed by atoms with Gasteiger partial charge < -0.3 is 9.47 Å². The van der Waals surface area contributed by atoms with Crippen molar-refractivity contribution < 1.29 is 9.47 Å². The van der Waals surface area contributed by atoms with Crippen molar-refractivity contribution in [3.05, 3.63) is 64.8 Å². The summed E-state index contributed by atoms with van der Waals surface area (Å²) in [5.74, 6) is 1.37. The zero-order valence-corrected chi connectivity index (χ0v) is 16.8. The van der Waals surface area contributed by atoms with E-state index in [4.69, 9.17) is 19.6 Å². The van der Waals surface area contributed by atoms with Gasteiger partial charge in [-0.1, -0.05) is 28.1 Å². The van der Waals surface area contributed by atoms with Crippen LogP contribution in [0.5, 0.6) is 11.5 Å². The molecule has 0 bridgehead atoms. The van der Waals surface area contributed by atoms with Gasteiger partial charge in [0.15, 0.2) is 17.1 Å². The van der Waals surface area contributed by atoms with E-state index in [0.29, 0.717) is 11.5 Å². The fourth-order valence-corrected chi connectivity index (χ4v) is 3.34. The molecule has 5 nitrogen and oxygen atoms in total. The molecule has 0 fully saturated rings. The summed E-state index contributed by atoms with van der Waals surface area (Å²) in [6.45, 7) is 2.03. The highest BCUT2D eigenvalue weighted by molar-refractivity contribution is 9.10. The number of imidazole rings is 1. The fraction of sp³-hybridized carbons (Fsp3) is 0.143. The molecule has 2 aromatic carbocycles. The van der Waals surface area contributed by atoms with Crippen LogP contribution >= 0.6 is 15.9 Å². The zero-order valence-electron chi connectivity index (χ0n) is 15.2. The minimum atomic E-state index is 0.676. The van der Waals surface area contributed by atoms with Gasteiger partial charge in [0.05, 0.1) is 31.3 Å². The van der Waals surface area contributed by atoms with Crippen LogP contribution in [0.4, 0.5) is 0 Å². The van der Waals surface area contributed by atoms with Crippen molar-refractivity contribution in [1.29, 1.82) is 0 Å². The molecular formula is C21H18BrN3O2. The van der Waals surface area contributed by atoms with Gasteiger partial charge in [-0.2, -0.15) is 5.10 Å². The number of aryl methyl sites for hydroxylation is 1. The predicted molar refractivity (Wildman–Crippen MR) is 109 cm³/mol. The maximum absolute atomic E-state index is 5.41. The Morgan fingerprint density at radius 3 is 2.26 bits per heavy atom. The Labute approximate surface area is 165 Å². The molecule has 0 aliphatic heterocycles. The van der Waals surface area contributed by atoms with Crippen molar-refractivity contribution in [3.8, 4) is 34.0 Å². The molecule has 0 unspecified atom stereocenters. The number of ether oxygens (including phenoxy) is 2. The molecule has 0 aliphatic carbocycles. The lowest BCUT2D eigenvalue weighted by atomic mass is 10.1. The minimum Gasteiger partial charge on any atom is -0.493 e. The smallest absolute Gasteiger partial charge is 0.161 e. The van der Waals surface area contributed by atoms with Gasteiger partial charge in [-0.3, -0.25) is 0 Å². The summed E-state index contributed by atoms with van der Waals surface area (Å²) in [7, 11) is 3.25. The van der Waals surface area contributed by atoms with Crippen LogP contribution < -0.4 is 9.47 Å². The number of aromatic nitrogens is 3. The first-order valence-corrected chi connectivity index (χ1v) is 9.24. The number of nitrogens with zero attached hydrogens (tertiary/aromatic N) is 3. The van der Waals surface area contributed by atoms with Gasteiger partial charge >= 0.3 is 0 Å². The van der Waals surface area contributed by atoms with E-state index in [0.717, 1.165) is 38.3 Å². The second-order valence-corrected chi connectivity index (χ2v) is 7.03. The van der Waals surface area contributed by atoms with Crippen molar-refractivity contribution in [2.24, 2.45) is 0 Å². The molecule has 0 spiro atoms. The van der Waals surface area contributed by atoms with Gasteiger partial charge in [0.1, 0.15) is 0 Å². The Balaban J connectivity index is 1.81. The first-order valence-electron chi connectivity index (χ1n) is 8.45. The Morgan fingerprint density at radius 2 is 1.56 bits per heavy atom. The van der Waals surface area contributed by atoms with E-state index in [1.54, 1.807) is 14.2 Å². The van der Waals surface area contributed by atoms with Crippen LogP contribution in [0.25, 0.3) is 28.2 Å². The van der Waals surface area contributed by atoms with Crippen LogP contribution in [-0.2, 0) is 0 Å². The lowest BCUT2D eigenvalue weighted by molar-refractivity contribution is 0.355. The lowest BCUT2D eigenvalue weighted by Crippen LogP contribution is -1.97. The molecule has 0 atom stereocenters. The predicted octanol–water partition coefficient (Wildman–Crippen LogP) is 5.15. The lowest BCUT2D eigenvalue weighted by Gasteiger charge is -2.09. The van der Waals surface area contributed by atoms with Crippen LogP contribution in [0, 0.1) is 6.92 Å². The molecule has 136 valence electrons. The standard InChI is InChI=1S/C21H18BrN3O2/c1-13-21(14-4-7-16(22)8-5-14)23-20-11-9-17(24-25(13)20)15-6-10-18(26-2)19(12-15)27-3/h4-12H,1-3H3. The average molecular weight is 424 g/mol. The monoisotopic (exact) mass is 423 g/mol. The van der Waals surface area contributed by atoms with Crippen molar-refractivity contribution in [1.82, 2.24) is 14.6 Å². The second-order valence-electron chi connectivity index (χ2n) is 6.11. The van der Waals surface area contributed by atoms with Crippen molar-refractivity contribution in [2.45, 2.75) is 6.92 Å². The summed E-state index contributed by atoms with van der Waals surface area (Å²) in [5, 5.41) is 4.79. The third-order valence-electron chi connectivity index (χ3n) is 4.50. The highest BCUT2D eigenvalue weighted by Gasteiger charge is 2.13. The summed E-state index contributed by atoms with van der Waals surface area (Å²) < 4.78 is 13.6. The van der Waals surface area contributed by atoms with E-state index in [1.165, 1.54) is 0 Å². The molecule has 27 heavy (non-hydrogen) atoms. The molecule has 2 heterocycles. The number of benzene rings is 2. The number of halogens is 1. The molecule has 0 saturated heterocycles. The molecule has 4 rings (SSSR count). The molecule has 6 heteroatoms. The quantitative estimate of drug-likeness (QED) is 0.455. The van der Waals surface area contributed by atoms with Gasteiger partial charge in [0.2, 0.25) is 0 Å². The number of hydrogen-bond acceptors (Lipinski definition) is 4. The SMILES string of the molecule is COc1ccc(-c2ccc3nc(-c4ccc(Br)cc4)c(C)n3n2)cc1OC. The van der Waals surface area contributed by atoms with Gasteiger partial charge in [-0.25, -0.2) is 9.50 Å². The van der Waals surface area contributed by atoms with E-state index in [-0.39, 0.29) is 0 Å². The first kappa shape index (κ1) is 17.5. The largest absolute Gasteiger partial charge is 0.493 e. The second kappa shape index (κ2) is 7.04. The van der Waals surface area contributed by atoms with Crippen LogP contribution in [0.3, 0.4) is 0 Å². The molecular weight excluding hydrogens is 406 g/mol. The van der Waals surface area contributed by atoms with Crippen LogP contribution in [-0.4, -0.2) is 28.8 Å². The Kier molecular flexibility index (Phi) is 4.58. The van der Waals surface area contributed by atoms with Crippen LogP contribution in [0.1, 0.15) is 5.69 Å². The van der Waals surface area contributed by atoms with Gasteiger partial charge in [-0.05, 0) is 49.4 Å². The molecule has 2 aromatic heterocycles. The Bertz CT molecular complexity index is 1120. The number of hydrogen-bond donors (Lipinski definition) is 0. The first-order chi connectivity index (χ1) is 13.1. The highest BCUT2D eigenvalue weighted by atomic mass is 79.9. The zero-order chi connectivity index (χ0) is 19.0. The van der Waals surface area contributed by atoms with Gasteiger partial charge in [-0.15, -0.1) is 0 Å². The highest BCUT2D eigenvalue weighted by Crippen LogP contribution is 2.32. The third kappa shape index (κ3) is 3.17. The normalized spacial score (nSPS) is 11.0. The van der Waals surface area contributed by atoms with E-state index >= 15 is 0 Å². The van der Waals surface area contributed by atoms with Gasteiger partial charge in [0.25, 0.3) is 0 Å². The van der Waals surface area contributed by atoms with Gasteiger partial charge in [0, 0.05) is 15.6 Å². The topological polar surface area (TPSA) is 48.7 Å². The van der Waals surface area contributed by atoms with E-state index in [1.807, 2.05) is 66.0 Å². The van der Waals surface area contributed by atoms with Crippen molar-refractivity contribution in [2.75, 3.05) is 14.2 Å². The van der Waals surface area contributed by atoms with E-state index in [2.05, 4.69) is 15.9 Å². The average Bonchev–Trinajstić information content (AvgIpc) is 3.04. The van der Waals surface area contributed by atoms with Crippen molar-refractivity contribution >= 4 is 21.6 Å². The Morgan fingerprint density at radius 1 is 0.852 bits per heavy atom.